The van der Waals surface area contributed by atoms with Crippen molar-refractivity contribution in [3.05, 3.63) is 23.9 Å². The Bertz CT molecular complexity index is 379. The third-order valence-corrected chi connectivity index (χ3v) is 1.69. The second-order valence-electron chi connectivity index (χ2n) is 3.09. The summed E-state index contributed by atoms with van der Waals surface area (Å²) in [6, 6.07) is 2.42. The zero-order valence-corrected chi connectivity index (χ0v) is 8.43. The largest absolute Gasteiger partial charge is 0.405 e. The number of rotatable bonds is 2. The maximum absolute atomic E-state index is 11.8. The van der Waals surface area contributed by atoms with E-state index in [1.165, 1.54) is 6.20 Å². The number of carbonyl (C=O) groups is 1. The van der Waals surface area contributed by atoms with E-state index in [0.29, 0.717) is 5.56 Å². The lowest BCUT2D eigenvalue weighted by Gasteiger charge is -2.10. The Kier molecular flexibility index (Phi) is 3.70. The van der Waals surface area contributed by atoms with Crippen molar-refractivity contribution in [1.29, 1.82) is 0 Å². The van der Waals surface area contributed by atoms with Gasteiger partial charge in [-0.1, -0.05) is 6.07 Å². The minimum atomic E-state index is -4.42. The van der Waals surface area contributed by atoms with E-state index in [1.807, 2.05) is 0 Å². The Balaban J connectivity index is 2.50. The first-order valence-corrected chi connectivity index (χ1v) is 4.42. The highest BCUT2D eigenvalue weighted by atomic mass is 19.4. The summed E-state index contributed by atoms with van der Waals surface area (Å²) in [4.78, 5) is 14.9. The summed E-state index contributed by atoms with van der Waals surface area (Å²) in [6.45, 7) is 0.317. The molecule has 0 saturated carbocycles. The Morgan fingerprint density at radius 1 is 1.50 bits per heavy atom. The molecule has 0 aromatic carbocycles. The van der Waals surface area contributed by atoms with Crippen LogP contribution in [0.5, 0.6) is 0 Å². The van der Waals surface area contributed by atoms with Gasteiger partial charge in [-0.05, 0) is 18.6 Å². The lowest BCUT2D eigenvalue weighted by Crippen LogP contribution is -2.36. The van der Waals surface area contributed by atoms with E-state index in [-0.39, 0.29) is 5.82 Å². The van der Waals surface area contributed by atoms with Gasteiger partial charge < -0.3 is 5.32 Å². The molecule has 7 heteroatoms. The third kappa shape index (κ3) is 4.16. The zero-order chi connectivity index (χ0) is 12.2. The molecule has 16 heavy (non-hydrogen) atoms. The topological polar surface area (TPSA) is 54.0 Å². The van der Waals surface area contributed by atoms with Crippen LogP contribution in [0.2, 0.25) is 0 Å². The minimum Gasteiger partial charge on any atom is -0.329 e. The molecule has 1 heterocycles. The summed E-state index contributed by atoms with van der Waals surface area (Å²) in [5, 5.41) is 3.90. The van der Waals surface area contributed by atoms with Crippen molar-refractivity contribution in [2.45, 2.75) is 13.1 Å². The van der Waals surface area contributed by atoms with E-state index in [4.69, 9.17) is 0 Å². The molecule has 0 aliphatic rings. The highest BCUT2D eigenvalue weighted by molar-refractivity contribution is 5.88. The molecule has 2 N–H and O–H groups in total. The number of pyridine rings is 1. The molecule has 0 radical (unpaired) electrons. The molecule has 0 atom stereocenters. The molecule has 88 valence electrons. The van der Waals surface area contributed by atoms with E-state index in [2.05, 4.69) is 10.3 Å². The summed E-state index contributed by atoms with van der Waals surface area (Å²) >= 11 is 0. The van der Waals surface area contributed by atoms with Crippen LogP contribution in [0.4, 0.5) is 23.8 Å². The van der Waals surface area contributed by atoms with Gasteiger partial charge in [0.25, 0.3) is 0 Å². The Labute approximate surface area is 89.9 Å². The Hall–Kier alpha value is -1.79. The number of carbonyl (C=O) groups excluding carboxylic acids is 1. The van der Waals surface area contributed by atoms with Crippen molar-refractivity contribution < 1.29 is 18.0 Å². The van der Waals surface area contributed by atoms with Crippen molar-refractivity contribution in [2.24, 2.45) is 0 Å². The maximum atomic E-state index is 11.8. The average Bonchev–Trinajstić information content (AvgIpc) is 2.18. The summed E-state index contributed by atoms with van der Waals surface area (Å²) in [7, 11) is 0. The number of nitrogens with zero attached hydrogens (tertiary/aromatic N) is 1. The van der Waals surface area contributed by atoms with Crippen LogP contribution in [0, 0.1) is 6.92 Å². The number of alkyl halides is 3. The first kappa shape index (κ1) is 12.3. The van der Waals surface area contributed by atoms with Crippen molar-refractivity contribution in [2.75, 3.05) is 11.9 Å². The minimum absolute atomic E-state index is 0.238. The number of amides is 2. The third-order valence-electron chi connectivity index (χ3n) is 1.69. The van der Waals surface area contributed by atoms with E-state index in [1.54, 1.807) is 24.4 Å². The fourth-order valence-corrected chi connectivity index (χ4v) is 0.949. The lowest BCUT2D eigenvalue weighted by atomic mass is 10.3. The summed E-state index contributed by atoms with van der Waals surface area (Å²) in [5.74, 6) is 0.238. The molecular weight excluding hydrogens is 223 g/mol. The SMILES string of the molecule is Cc1cccnc1NC(=O)NCC(F)(F)F. The van der Waals surface area contributed by atoms with Crippen LogP contribution in [0.15, 0.2) is 18.3 Å². The van der Waals surface area contributed by atoms with Crippen molar-refractivity contribution in [3.8, 4) is 0 Å². The lowest BCUT2D eigenvalue weighted by molar-refractivity contribution is -0.122. The summed E-state index contributed by atoms with van der Waals surface area (Å²) < 4.78 is 35.3. The number of anilines is 1. The van der Waals surface area contributed by atoms with Gasteiger partial charge in [-0.2, -0.15) is 13.2 Å². The number of nitrogens with one attached hydrogen (secondary N) is 2. The van der Waals surface area contributed by atoms with Crippen LogP contribution in [-0.2, 0) is 0 Å². The van der Waals surface area contributed by atoms with Gasteiger partial charge in [0.2, 0.25) is 0 Å². The molecule has 0 bridgehead atoms. The van der Waals surface area contributed by atoms with Gasteiger partial charge in [-0.3, -0.25) is 5.32 Å². The van der Waals surface area contributed by atoms with E-state index >= 15 is 0 Å². The second-order valence-corrected chi connectivity index (χ2v) is 3.09. The number of urea groups is 1. The van der Waals surface area contributed by atoms with Gasteiger partial charge in [-0.25, -0.2) is 9.78 Å². The number of halogens is 3. The first-order valence-electron chi connectivity index (χ1n) is 4.42. The molecule has 0 spiro atoms. The molecule has 0 aliphatic carbocycles. The monoisotopic (exact) mass is 233 g/mol. The fourth-order valence-electron chi connectivity index (χ4n) is 0.949. The zero-order valence-electron chi connectivity index (χ0n) is 8.43. The summed E-state index contributed by atoms with van der Waals surface area (Å²) in [5.41, 5.74) is 0.671. The Morgan fingerprint density at radius 2 is 2.19 bits per heavy atom. The number of aromatic nitrogens is 1. The quantitative estimate of drug-likeness (QED) is 0.821. The molecule has 0 saturated heterocycles. The standard InChI is InChI=1S/C9H10F3N3O/c1-6-3-2-4-13-7(6)15-8(16)14-5-9(10,11)12/h2-4H,5H2,1H3,(H2,13,14,15,16). The van der Waals surface area contributed by atoms with Crippen molar-refractivity contribution in [1.82, 2.24) is 10.3 Å². The van der Waals surface area contributed by atoms with Crippen LogP contribution < -0.4 is 10.6 Å². The number of hydrogen-bond acceptors (Lipinski definition) is 2. The molecular formula is C9H10F3N3O. The number of aryl methyl sites for hydroxylation is 1. The van der Waals surface area contributed by atoms with Crippen molar-refractivity contribution >= 4 is 11.8 Å². The molecule has 0 fully saturated rings. The predicted octanol–water partition coefficient (Wildman–Crippen LogP) is 2.07. The maximum Gasteiger partial charge on any atom is 0.405 e. The highest BCUT2D eigenvalue weighted by Crippen LogP contribution is 2.12. The van der Waals surface area contributed by atoms with Crippen LogP contribution in [0.1, 0.15) is 5.56 Å². The number of hydrogen-bond donors (Lipinski definition) is 2. The van der Waals surface area contributed by atoms with Crippen LogP contribution >= 0.6 is 0 Å². The highest BCUT2D eigenvalue weighted by Gasteiger charge is 2.27. The van der Waals surface area contributed by atoms with E-state index < -0.39 is 18.8 Å². The molecule has 1 aromatic rings. The molecule has 1 rings (SSSR count). The van der Waals surface area contributed by atoms with Gasteiger partial charge >= 0.3 is 12.2 Å². The average molecular weight is 233 g/mol. The Morgan fingerprint density at radius 3 is 2.75 bits per heavy atom. The fraction of sp³-hybridized carbons (Fsp3) is 0.333. The second kappa shape index (κ2) is 4.82. The predicted molar refractivity (Wildman–Crippen MR) is 52.1 cm³/mol. The molecule has 4 nitrogen and oxygen atoms in total. The van der Waals surface area contributed by atoms with E-state index in [0.717, 1.165) is 0 Å². The van der Waals surface area contributed by atoms with Gasteiger partial charge in [0.1, 0.15) is 12.4 Å². The smallest absolute Gasteiger partial charge is 0.329 e. The van der Waals surface area contributed by atoms with Gasteiger partial charge in [0, 0.05) is 6.20 Å². The van der Waals surface area contributed by atoms with Crippen molar-refractivity contribution in [3.63, 3.8) is 0 Å². The normalized spacial score (nSPS) is 11.0. The molecule has 0 unspecified atom stereocenters. The molecule has 1 aromatic heterocycles. The molecule has 0 aliphatic heterocycles. The van der Waals surface area contributed by atoms with Crippen LogP contribution in [0.25, 0.3) is 0 Å². The van der Waals surface area contributed by atoms with E-state index in [9.17, 15) is 18.0 Å². The first-order chi connectivity index (χ1) is 7.38. The van der Waals surface area contributed by atoms with Gasteiger partial charge in [0.15, 0.2) is 0 Å². The van der Waals surface area contributed by atoms with Crippen LogP contribution in [0.3, 0.4) is 0 Å². The van der Waals surface area contributed by atoms with Gasteiger partial charge in [-0.15, -0.1) is 0 Å². The van der Waals surface area contributed by atoms with Gasteiger partial charge in [0.05, 0.1) is 0 Å². The van der Waals surface area contributed by atoms with Crippen LogP contribution in [-0.4, -0.2) is 23.7 Å². The summed E-state index contributed by atoms with van der Waals surface area (Å²) in [6.07, 6.45) is -2.98. The molecule has 2 amide bonds.